The minimum Gasteiger partial charge on any atom is -0.280 e. The van der Waals surface area contributed by atoms with Crippen molar-refractivity contribution in [1.82, 2.24) is 9.21 Å². The predicted octanol–water partition coefficient (Wildman–Crippen LogP) is 1.95. The molecule has 1 fully saturated rings. The third-order valence-corrected chi connectivity index (χ3v) is 4.28. The van der Waals surface area contributed by atoms with Crippen molar-refractivity contribution in [3.05, 3.63) is 35.4 Å². The largest absolute Gasteiger partial charge is 0.280 e. The molecule has 0 radical (unpaired) electrons. The second-order valence-electron chi connectivity index (χ2n) is 4.53. The van der Waals surface area contributed by atoms with E-state index in [0.717, 1.165) is 24.4 Å². The minimum atomic E-state index is -0.211. The molecule has 1 aliphatic rings. The van der Waals surface area contributed by atoms with E-state index in [1.165, 1.54) is 11.3 Å². The average molecular weight is 278 g/mol. The number of carbonyl (C=O) groups excluding carboxylic acids is 2. The molecule has 2 amide bonds. The van der Waals surface area contributed by atoms with E-state index in [1.54, 1.807) is 18.0 Å². The third-order valence-electron chi connectivity index (χ3n) is 3.18. The Morgan fingerprint density at radius 2 is 2.16 bits per heavy atom. The number of hydrogen-bond acceptors (Lipinski definition) is 4. The second kappa shape index (κ2) is 6.73. The summed E-state index contributed by atoms with van der Waals surface area (Å²) in [6.07, 6.45) is 1.87. The smallest absolute Gasteiger partial charge is 0.260 e. The topological polar surface area (TPSA) is 40.6 Å². The molecule has 0 unspecified atom stereocenters. The van der Waals surface area contributed by atoms with Crippen LogP contribution in [0.4, 0.5) is 0 Å². The van der Waals surface area contributed by atoms with Gasteiger partial charge in [-0.25, -0.2) is 0 Å². The first kappa shape index (κ1) is 14.1. The highest BCUT2D eigenvalue weighted by Crippen LogP contribution is 2.18. The van der Waals surface area contributed by atoms with E-state index in [1.807, 2.05) is 25.1 Å². The zero-order valence-electron chi connectivity index (χ0n) is 11.0. The Morgan fingerprint density at radius 1 is 1.42 bits per heavy atom. The van der Waals surface area contributed by atoms with Gasteiger partial charge in [0.1, 0.15) is 0 Å². The number of aryl methyl sites for hydroxylation is 1. The molecular formula is C14H18N2O2S. The lowest BCUT2D eigenvalue weighted by Gasteiger charge is -2.29. The molecule has 19 heavy (non-hydrogen) atoms. The lowest BCUT2D eigenvalue weighted by atomic mass is 10.1. The van der Waals surface area contributed by atoms with Gasteiger partial charge < -0.3 is 0 Å². The van der Waals surface area contributed by atoms with E-state index in [4.69, 9.17) is 0 Å². The van der Waals surface area contributed by atoms with Crippen molar-refractivity contribution in [2.24, 2.45) is 0 Å². The van der Waals surface area contributed by atoms with E-state index in [0.29, 0.717) is 18.5 Å². The number of nitrogens with zero attached hydrogens (tertiary/aromatic N) is 2. The highest BCUT2D eigenvalue weighted by Gasteiger charge is 2.18. The number of rotatable bonds is 6. The van der Waals surface area contributed by atoms with Crippen molar-refractivity contribution in [3.63, 3.8) is 0 Å². The van der Waals surface area contributed by atoms with Crippen LogP contribution in [0.1, 0.15) is 22.3 Å². The summed E-state index contributed by atoms with van der Waals surface area (Å²) in [6, 6.07) is 7.34. The van der Waals surface area contributed by atoms with Crippen LogP contribution in [0.2, 0.25) is 0 Å². The summed E-state index contributed by atoms with van der Waals surface area (Å²) in [5.41, 5.74) is 1.50. The first-order chi connectivity index (χ1) is 9.22. The summed E-state index contributed by atoms with van der Waals surface area (Å²) in [6.45, 7) is 4.55. The maximum Gasteiger partial charge on any atom is 0.260 e. The summed E-state index contributed by atoms with van der Waals surface area (Å²) in [4.78, 5) is 24.6. The summed E-state index contributed by atoms with van der Waals surface area (Å²) in [7, 11) is 0. The first-order valence-electron chi connectivity index (χ1n) is 6.42. The molecule has 0 atom stereocenters. The average Bonchev–Trinajstić information content (AvgIpc) is 2.37. The predicted molar refractivity (Wildman–Crippen MR) is 76.9 cm³/mol. The normalized spacial score (nSPS) is 14.8. The Balaban J connectivity index is 1.90. The molecule has 5 heteroatoms. The van der Waals surface area contributed by atoms with Gasteiger partial charge in [0.05, 0.1) is 0 Å². The van der Waals surface area contributed by atoms with Crippen LogP contribution in [-0.2, 0) is 4.79 Å². The van der Waals surface area contributed by atoms with E-state index >= 15 is 0 Å². The molecule has 0 aliphatic carbocycles. The zero-order chi connectivity index (χ0) is 13.7. The molecule has 0 aromatic heterocycles. The Hall–Kier alpha value is -1.33. The highest BCUT2D eigenvalue weighted by molar-refractivity contribution is 7.97. The Bertz CT molecular complexity index is 461. The molecule has 1 aromatic rings. The Kier molecular flexibility index (Phi) is 4.99. The number of amides is 2. The van der Waals surface area contributed by atoms with E-state index < -0.39 is 0 Å². The van der Waals surface area contributed by atoms with Crippen molar-refractivity contribution < 1.29 is 9.59 Å². The monoisotopic (exact) mass is 278 g/mol. The van der Waals surface area contributed by atoms with Crippen molar-refractivity contribution in [2.45, 2.75) is 13.3 Å². The van der Waals surface area contributed by atoms with Crippen molar-refractivity contribution in [3.8, 4) is 0 Å². The number of carbonyl (C=O) groups is 2. The molecule has 2 rings (SSSR count). The molecule has 1 aliphatic heterocycles. The van der Waals surface area contributed by atoms with E-state index in [9.17, 15) is 9.59 Å². The van der Waals surface area contributed by atoms with Crippen LogP contribution >= 0.6 is 11.9 Å². The van der Waals surface area contributed by atoms with Crippen LogP contribution in [0, 0.1) is 6.92 Å². The number of imide groups is 1. The lowest BCUT2D eigenvalue weighted by molar-refractivity contribution is -0.115. The van der Waals surface area contributed by atoms with Gasteiger partial charge in [0, 0.05) is 31.0 Å². The fraction of sp³-hybridized carbons (Fsp3) is 0.429. The maximum atomic E-state index is 12.2. The molecule has 0 N–H and O–H groups in total. The standard InChI is InChI=1S/C14H18N2O2S/c1-12-5-2-3-6-13(12)14(18)15(11-17)9-10-19-16-7-4-8-16/h2-3,5-6,11H,4,7-10H2,1H3. The Morgan fingerprint density at radius 3 is 2.74 bits per heavy atom. The van der Waals surface area contributed by atoms with Crippen LogP contribution in [0.25, 0.3) is 0 Å². The van der Waals surface area contributed by atoms with E-state index in [-0.39, 0.29) is 5.91 Å². The van der Waals surface area contributed by atoms with Crippen LogP contribution in [0.15, 0.2) is 24.3 Å². The Labute approximate surface area is 117 Å². The van der Waals surface area contributed by atoms with Gasteiger partial charge in [-0.3, -0.25) is 18.8 Å². The molecule has 102 valence electrons. The van der Waals surface area contributed by atoms with Gasteiger partial charge in [0.2, 0.25) is 6.41 Å². The van der Waals surface area contributed by atoms with Gasteiger partial charge in [0.25, 0.3) is 5.91 Å². The van der Waals surface area contributed by atoms with Gasteiger partial charge in [0.15, 0.2) is 0 Å². The highest BCUT2D eigenvalue weighted by atomic mass is 32.2. The molecule has 0 spiro atoms. The zero-order valence-corrected chi connectivity index (χ0v) is 11.9. The van der Waals surface area contributed by atoms with Crippen molar-refractivity contribution >= 4 is 24.3 Å². The van der Waals surface area contributed by atoms with Crippen LogP contribution in [0.5, 0.6) is 0 Å². The molecule has 4 nitrogen and oxygen atoms in total. The third kappa shape index (κ3) is 3.58. The summed E-state index contributed by atoms with van der Waals surface area (Å²) >= 11 is 1.70. The first-order valence-corrected chi connectivity index (χ1v) is 7.36. The maximum absolute atomic E-state index is 12.2. The van der Waals surface area contributed by atoms with Crippen molar-refractivity contribution in [1.29, 1.82) is 0 Å². The van der Waals surface area contributed by atoms with Crippen LogP contribution in [0.3, 0.4) is 0 Å². The minimum absolute atomic E-state index is 0.211. The molecule has 1 heterocycles. The van der Waals surface area contributed by atoms with Gasteiger partial charge in [-0.2, -0.15) is 0 Å². The van der Waals surface area contributed by atoms with Gasteiger partial charge >= 0.3 is 0 Å². The number of hydrogen-bond donors (Lipinski definition) is 0. The van der Waals surface area contributed by atoms with Gasteiger partial charge in [-0.1, -0.05) is 30.1 Å². The second-order valence-corrected chi connectivity index (χ2v) is 5.72. The lowest BCUT2D eigenvalue weighted by Crippen LogP contribution is -2.35. The molecule has 0 bridgehead atoms. The van der Waals surface area contributed by atoms with Crippen molar-refractivity contribution in [2.75, 3.05) is 25.4 Å². The fourth-order valence-corrected chi connectivity index (χ4v) is 2.91. The van der Waals surface area contributed by atoms with E-state index in [2.05, 4.69) is 4.31 Å². The number of benzene rings is 1. The van der Waals surface area contributed by atoms with Gasteiger partial charge in [-0.05, 0) is 25.0 Å². The summed E-state index contributed by atoms with van der Waals surface area (Å²) in [5, 5.41) is 0. The molecular weight excluding hydrogens is 260 g/mol. The summed E-state index contributed by atoms with van der Waals surface area (Å²) < 4.78 is 2.25. The fourth-order valence-electron chi connectivity index (χ4n) is 1.85. The molecule has 1 saturated heterocycles. The quantitative estimate of drug-likeness (QED) is 0.589. The van der Waals surface area contributed by atoms with Crippen LogP contribution in [-0.4, -0.2) is 46.9 Å². The molecule has 1 aromatic carbocycles. The molecule has 0 saturated carbocycles. The SMILES string of the molecule is Cc1ccccc1C(=O)N(C=O)CCSN1CCC1. The summed E-state index contributed by atoms with van der Waals surface area (Å²) in [5.74, 6) is 0.549. The van der Waals surface area contributed by atoms with Gasteiger partial charge in [-0.15, -0.1) is 0 Å². The van der Waals surface area contributed by atoms with Crippen LogP contribution < -0.4 is 0 Å².